The van der Waals surface area contributed by atoms with Gasteiger partial charge in [0.1, 0.15) is 4.83 Å². The third-order valence-corrected chi connectivity index (χ3v) is 5.38. The van der Waals surface area contributed by atoms with Gasteiger partial charge in [0.05, 0.1) is 18.1 Å². The number of nitrogens with zero attached hydrogens (tertiary/aromatic N) is 2. The first kappa shape index (κ1) is 14.1. The zero-order valence-electron chi connectivity index (χ0n) is 12.3. The number of aliphatic carboxylic acids is 1. The zero-order chi connectivity index (χ0) is 16.0. The summed E-state index contributed by atoms with van der Waals surface area (Å²) >= 11 is 1.57. The molecule has 0 bridgehead atoms. The first-order valence-corrected chi connectivity index (χ1v) is 8.27. The number of hydrogen-bond donors (Lipinski definition) is 1. The van der Waals surface area contributed by atoms with Crippen molar-refractivity contribution in [2.45, 2.75) is 25.8 Å². The van der Waals surface area contributed by atoms with Crippen LogP contribution in [0.3, 0.4) is 0 Å². The van der Waals surface area contributed by atoms with Gasteiger partial charge in [-0.1, -0.05) is 24.3 Å². The molecule has 6 heteroatoms. The average molecular weight is 326 g/mol. The molecule has 1 aromatic carbocycles. The van der Waals surface area contributed by atoms with E-state index in [0.717, 1.165) is 28.8 Å². The molecule has 0 saturated heterocycles. The molecule has 0 aliphatic heterocycles. The molecule has 0 atom stereocenters. The van der Waals surface area contributed by atoms with Crippen LogP contribution in [0.2, 0.25) is 0 Å². The van der Waals surface area contributed by atoms with Gasteiger partial charge < -0.3 is 5.11 Å². The number of fused-ring (bicyclic) bond motifs is 5. The highest BCUT2D eigenvalue weighted by Crippen LogP contribution is 2.41. The van der Waals surface area contributed by atoms with E-state index in [-0.39, 0.29) is 18.5 Å². The van der Waals surface area contributed by atoms with Crippen LogP contribution in [0.1, 0.15) is 16.9 Å². The predicted octanol–water partition coefficient (Wildman–Crippen LogP) is 2.70. The number of rotatable bonds is 3. The lowest BCUT2D eigenvalue weighted by Crippen LogP contribution is -2.22. The van der Waals surface area contributed by atoms with Crippen molar-refractivity contribution in [3.05, 3.63) is 51.4 Å². The lowest BCUT2D eigenvalue weighted by atomic mass is 9.89. The predicted molar refractivity (Wildman–Crippen MR) is 89.0 cm³/mol. The molecule has 1 aliphatic carbocycles. The van der Waals surface area contributed by atoms with E-state index < -0.39 is 5.97 Å². The Morgan fingerprint density at radius 2 is 2.13 bits per heavy atom. The monoisotopic (exact) mass is 326 g/mol. The Labute approximate surface area is 135 Å². The van der Waals surface area contributed by atoms with Crippen LogP contribution in [0.15, 0.2) is 35.4 Å². The lowest BCUT2D eigenvalue weighted by Gasteiger charge is -2.16. The minimum atomic E-state index is -0.922. The molecule has 116 valence electrons. The highest BCUT2D eigenvalue weighted by Gasteiger charge is 2.24. The van der Waals surface area contributed by atoms with Gasteiger partial charge in [-0.25, -0.2) is 4.98 Å². The van der Waals surface area contributed by atoms with Gasteiger partial charge in [0, 0.05) is 17.0 Å². The van der Waals surface area contributed by atoms with Gasteiger partial charge in [0.2, 0.25) is 0 Å². The maximum absolute atomic E-state index is 12.8. The lowest BCUT2D eigenvalue weighted by molar-refractivity contribution is -0.137. The fraction of sp³-hybridized carbons (Fsp3) is 0.235. The molecular weight excluding hydrogens is 312 g/mol. The van der Waals surface area contributed by atoms with Gasteiger partial charge in [0.15, 0.2) is 0 Å². The van der Waals surface area contributed by atoms with Gasteiger partial charge in [-0.05, 0) is 24.0 Å². The number of benzene rings is 1. The van der Waals surface area contributed by atoms with Crippen LogP contribution in [0.25, 0.3) is 21.3 Å². The Bertz CT molecular complexity index is 987. The summed E-state index contributed by atoms with van der Waals surface area (Å²) in [6, 6.07) is 8.15. The molecule has 1 N–H and O–H groups in total. The third-order valence-electron chi connectivity index (χ3n) is 4.23. The second kappa shape index (κ2) is 5.31. The Balaban J connectivity index is 1.95. The van der Waals surface area contributed by atoms with E-state index in [1.165, 1.54) is 21.3 Å². The molecule has 2 heterocycles. The van der Waals surface area contributed by atoms with Gasteiger partial charge in [0.25, 0.3) is 5.56 Å². The van der Waals surface area contributed by atoms with E-state index in [1.807, 2.05) is 18.2 Å². The summed E-state index contributed by atoms with van der Waals surface area (Å²) in [4.78, 5) is 29.9. The summed E-state index contributed by atoms with van der Waals surface area (Å²) in [5, 5.41) is 9.46. The first-order chi connectivity index (χ1) is 11.1. The fourth-order valence-corrected chi connectivity index (χ4v) is 4.28. The van der Waals surface area contributed by atoms with Crippen molar-refractivity contribution in [3.8, 4) is 11.1 Å². The van der Waals surface area contributed by atoms with Gasteiger partial charge in [-0.3, -0.25) is 14.2 Å². The van der Waals surface area contributed by atoms with Crippen LogP contribution >= 0.6 is 11.3 Å². The van der Waals surface area contributed by atoms with Crippen LogP contribution in [-0.2, 0) is 24.2 Å². The van der Waals surface area contributed by atoms with Crippen molar-refractivity contribution in [2.75, 3.05) is 0 Å². The van der Waals surface area contributed by atoms with Crippen LogP contribution in [0.5, 0.6) is 0 Å². The van der Waals surface area contributed by atoms with Crippen LogP contribution in [0.4, 0.5) is 0 Å². The summed E-state index contributed by atoms with van der Waals surface area (Å²) in [6.07, 6.45) is 3.27. The molecule has 4 rings (SSSR count). The van der Waals surface area contributed by atoms with Gasteiger partial charge in [-0.15, -0.1) is 11.3 Å². The average Bonchev–Trinajstić information content (AvgIpc) is 2.94. The second-order valence-corrected chi connectivity index (χ2v) is 6.71. The maximum Gasteiger partial charge on any atom is 0.305 e. The zero-order valence-corrected chi connectivity index (χ0v) is 13.1. The SMILES string of the molecule is O=C(O)CCn1cnc2sc3c(c2c1=O)-c1ccccc1CC3. The first-order valence-electron chi connectivity index (χ1n) is 7.46. The Morgan fingerprint density at radius 3 is 2.96 bits per heavy atom. The topological polar surface area (TPSA) is 72.2 Å². The molecule has 0 radical (unpaired) electrons. The third kappa shape index (κ3) is 2.26. The number of carboxylic acid groups (broad SMARTS) is 1. The highest BCUT2D eigenvalue weighted by molar-refractivity contribution is 7.19. The Morgan fingerprint density at radius 1 is 1.30 bits per heavy atom. The molecule has 3 aromatic rings. The highest BCUT2D eigenvalue weighted by atomic mass is 32.1. The Kier molecular flexibility index (Phi) is 3.27. The fourth-order valence-electron chi connectivity index (χ4n) is 3.14. The van der Waals surface area contributed by atoms with Crippen LogP contribution < -0.4 is 5.56 Å². The second-order valence-electron chi connectivity index (χ2n) is 5.62. The molecule has 2 aromatic heterocycles. The Hall–Kier alpha value is -2.47. The van der Waals surface area contributed by atoms with E-state index in [9.17, 15) is 9.59 Å². The van der Waals surface area contributed by atoms with Crippen molar-refractivity contribution < 1.29 is 9.90 Å². The smallest absolute Gasteiger partial charge is 0.305 e. The van der Waals surface area contributed by atoms with Crippen LogP contribution in [-0.4, -0.2) is 20.6 Å². The van der Waals surface area contributed by atoms with Gasteiger partial charge >= 0.3 is 5.97 Å². The molecule has 0 spiro atoms. The summed E-state index contributed by atoms with van der Waals surface area (Å²) in [6.45, 7) is 0.142. The normalized spacial score (nSPS) is 12.9. The minimum absolute atomic E-state index is 0.0873. The maximum atomic E-state index is 12.8. The molecule has 1 aliphatic rings. The number of aryl methyl sites for hydroxylation is 3. The van der Waals surface area contributed by atoms with E-state index in [0.29, 0.717) is 5.39 Å². The van der Waals surface area contributed by atoms with Gasteiger partial charge in [-0.2, -0.15) is 0 Å². The van der Waals surface area contributed by atoms with Crippen molar-refractivity contribution in [1.82, 2.24) is 9.55 Å². The number of thiophene rings is 1. The molecule has 0 saturated carbocycles. The van der Waals surface area contributed by atoms with E-state index in [1.54, 1.807) is 11.3 Å². The minimum Gasteiger partial charge on any atom is -0.481 e. The van der Waals surface area contributed by atoms with Crippen molar-refractivity contribution in [1.29, 1.82) is 0 Å². The molecular formula is C17H14N2O3S. The number of hydrogen-bond acceptors (Lipinski definition) is 4. The summed E-state index contributed by atoms with van der Waals surface area (Å²) in [7, 11) is 0. The van der Waals surface area contributed by atoms with E-state index in [4.69, 9.17) is 5.11 Å². The standard InChI is InChI=1S/C17H14N2O3S/c20-13(21)7-8-19-9-18-16-15(17(19)22)14-11-4-2-1-3-10(11)5-6-12(14)23-16/h1-4,9H,5-8H2,(H,20,21). The number of carbonyl (C=O) groups is 1. The quantitative estimate of drug-likeness (QED) is 0.803. The number of aromatic nitrogens is 2. The molecule has 23 heavy (non-hydrogen) atoms. The molecule has 0 fully saturated rings. The van der Waals surface area contributed by atoms with Crippen molar-refractivity contribution >= 4 is 27.5 Å². The van der Waals surface area contributed by atoms with Crippen molar-refractivity contribution in [3.63, 3.8) is 0 Å². The summed E-state index contributed by atoms with van der Waals surface area (Å²) in [5.74, 6) is -0.922. The van der Waals surface area contributed by atoms with E-state index >= 15 is 0 Å². The van der Waals surface area contributed by atoms with E-state index in [2.05, 4.69) is 11.1 Å². The van der Waals surface area contributed by atoms with Crippen molar-refractivity contribution in [2.24, 2.45) is 0 Å². The largest absolute Gasteiger partial charge is 0.481 e. The molecule has 5 nitrogen and oxygen atoms in total. The summed E-state index contributed by atoms with van der Waals surface area (Å²) in [5.41, 5.74) is 3.20. The van der Waals surface area contributed by atoms with Crippen LogP contribution in [0, 0.1) is 0 Å². The molecule has 0 amide bonds. The molecule has 0 unspecified atom stereocenters. The number of carboxylic acids is 1. The summed E-state index contributed by atoms with van der Waals surface area (Å²) < 4.78 is 1.40.